The van der Waals surface area contributed by atoms with E-state index in [4.69, 9.17) is 9.57 Å². The first-order valence-corrected chi connectivity index (χ1v) is 9.55. The molecule has 4 heterocycles. The number of thiophene rings is 1. The molecular formula is C17H23N3O3S. The van der Waals surface area contributed by atoms with Crippen molar-refractivity contribution in [2.75, 3.05) is 26.2 Å². The van der Waals surface area contributed by atoms with E-state index in [2.05, 4.69) is 32.2 Å². The summed E-state index contributed by atoms with van der Waals surface area (Å²) in [7, 11) is 0. The monoisotopic (exact) mass is 349 g/mol. The van der Waals surface area contributed by atoms with E-state index in [0.29, 0.717) is 18.7 Å². The molecule has 0 saturated carbocycles. The molecule has 3 aliphatic rings. The lowest BCUT2D eigenvalue weighted by Crippen LogP contribution is -2.39. The van der Waals surface area contributed by atoms with Gasteiger partial charge >= 0.3 is 0 Å². The molecule has 0 radical (unpaired) electrons. The van der Waals surface area contributed by atoms with E-state index in [1.165, 1.54) is 5.56 Å². The van der Waals surface area contributed by atoms with Gasteiger partial charge in [0, 0.05) is 45.6 Å². The van der Waals surface area contributed by atoms with E-state index in [0.717, 1.165) is 45.5 Å². The quantitative estimate of drug-likeness (QED) is 0.880. The summed E-state index contributed by atoms with van der Waals surface area (Å²) in [6, 6.07) is 2.16. The maximum absolute atomic E-state index is 12.3. The van der Waals surface area contributed by atoms with E-state index < -0.39 is 0 Å². The smallest absolute Gasteiger partial charge is 0.269 e. The molecule has 1 aromatic heterocycles. The van der Waals surface area contributed by atoms with Crippen molar-refractivity contribution >= 4 is 23.0 Å². The van der Waals surface area contributed by atoms with Crippen LogP contribution >= 0.6 is 11.3 Å². The first kappa shape index (κ1) is 16.1. The standard InChI is InChI=1S/C17H23N3O3S/c21-16(18-9-14-2-1-6-22-14)15-8-17(23-19-15)4-5-20(12-17)10-13-3-7-24-11-13/h3,7,11,14H,1-2,4-6,8-10,12H2,(H,18,21)/t14-,17+/m1/s1. The predicted octanol–water partition coefficient (Wildman–Crippen LogP) is 1.76. The number of amides is 1. The van der Waals surface area contributed by atoms with Crippen LogP contribution in [0.4, 0.5) is 0 Å². The highest BCUT2D eigenvalue weighted by molar-refractivity contribution is 7.07. The van der Waals surface area contributed by atoms with Crippen LogP contribution in [0.15, 0.2) is 22.0 Å². The average Bonchev–Trinajstić information content (AvgIpc) is 3.35. The summed E-state index contributed by atoms with van der Waals surface area (Å²) in [5.41, 5.74) is 1.54. The van der Waals surface area contributed by atoms with Gasteiger partial charge in [-0.05, 0) is 35.2 Å². The number of hydrogen-bond acceptors (Lipinski definition) is 6. The van der Waals surface area contributed by atoms with Gasteiger partial charge in [-0.3, -0.25) is 9.69 Å². The first-order chi connectivity index (χ1) is 11.7. The van der Waals surface area contributed by atoms with Crippen molar-refractivity contribution in [2.24, 2.45) is 5.16 Å². The first-order valence-electron chi connectivity index (χ1n) is 8.61. The van der Waals surface area contributed by atoms with Gasteiger partial charge in [-0.25, -0.2) is 0 Å². The van der Waals surface area contributed by atoms with Crippen LogP contribution in [-0.2, 0) is 20.9 Å². The Labute approximate surface area is 145 Å². The molecule has 130 valence electrons. The zero-order valence-electron chi connectivity index (χ0n) is 13.7. The number of carbonyl (C=O) groups is 1. The minimum absolute atomic E-state index is 0.112. The van der Waals surface area contributed by atoms with Crippen LogP contribution in [0.5, 0.6) is 0 Å². The van der Waals surface area contributed by atoms with Gasteiger partial charge in [0.05, 0.1) is 6.10 Å². The molecule has 24 heavy (non-hydrogen) atoms. The summed E-state index contributed by atoms with van der Waals surface area (Å²) in [6.07, 6.45) is 3.77. The van der Waals surface area contributed by atoms with Gasteiger partial charge < -0.3 is 14.9 Å². The minimum Gasteiger partial charge on any atom is -0.387 e. The summed E-state index contributed by atoms with van der Waals surface area (Å²) in [5, 5.41) is 11.3. The minimum atomic E-state index is -0.313. The van der Waals surface area contributed by atoms with Gasteiger partial charge in [0.1, 0.15) is 5.71 Å². The van der Waals surface area contributed by atoms with Crippen LogP contribution in [0.3, 0.4) is 0 Å². The van der Waals surface area contributed by atoms with E-state index >= 15 is 0 Å². The number of ether oxygens (including phenoxy) is 1. The van der Waals surface area contributed by atoms with E-state index in [9.17, 15) is 4.79 Å². The summed E-state index contributed by atoms with van der Waals surface area (Å²) in [4.78, 5) is 20.4. The Bertz CT molecular complexity index is 613. The van der Waals surface area contributed by atoms with Gasteiger partial charge in [-0.1, -0.05) is 5.16 Å². The molecule has 7 heteroatoms. The van der Waals surface area contributed by atoms with E-state index in [-0.39, 0.29) is 17.6 Å². The van der Waals surface area contributed by atoms with Crippen molar-refractivity contribution in [3.05, 3.63) is 22.4 Å². The van der Waals surface area contributed by atoms with Crippen LogP contribution in [-0.4, -0.2) is 54.5 Å². The summed E-state index contributed by atoms with van der Waals surface area (Å²) in [5.74, 6) is -0.112. The molecular weight excluding hydrogens is 326 g/mol. The third-order valence-corrected chi connectivity index (χ3v) is 5.73. The maximum Gasteiger partial charge on any atom is 0.269 e. The van der Waals surface area contributed by atoms with Crippen LogP contribution in [0.25, 0.3) is 0 Å². The van der Waals surface area contributed by atoms with Crippen LogP contribution in [0.1, 0.15) is 31.2 Å². The molecule has 1 aromatic rings. The Morgan fingerprint density at radius 1 is 1.54 bits per heavy atom. The number of carbonyl (C=O) groups excluding carboxylic acids is 1. The summed E-state index contributed by atoms with van der Waals surface area (Å²) in [6.45, 7) is 4.11. The molecule has 1 amide bonds. The zero-order chi connectivity index (χ0) is 16.4. The lowest BCUT2D eigenvalue weighted by atomic mass is 9.96. The Hall–Kier alpha value is -1.44. The predicted molar refractivity (Wildman–Crippen MR) is 92.1 cm³/mol. The topological polar surface area (TPSA) is 63.2 Å². The van der Waals surface area contributed by atoms with Crippen LogP contribution in [0, 0.1) is 0 Å². The molecule has 4 rings (SSSR count). The van der Waals surface area contributed by atoms with Gasteiger partial charge in [0.25, 0.3) is 5.91 Å². The number of rotatable bonds is 5. The molecule has 0 aliphatic carbocycles. The van der Waals surface area contributed by atoms with Crippen molar-refractivity contribution in [3.8, 4) is 0 Å². The molecule has 1 N–H and O–H groups in total. The van der Waals surface area contributed by atoms with Crippen molar-refractivity contribution in [2.45, 2.75) is 43.9 Å². The maximum atomic E-state index is 12.3. The van der Waals surface area contributed by atoms with Crippen LogP contribution < -0.4 is 5.32 Å². The second-order valence-corrected chi connectivity index (χ2v) is 7.71. The molecule has 0 unspecified atom stereocenters. The fourth-order valence-corrected chi connectivity index (χ4v) is 4.34. The molecule has 2 saturated heterocycles. The average molecular weight is 349 g/mol. The zero-order valence-corrected chi connectivity index (χ0v) is 14.5. The molecule has 1 spiro atoms. The van der Waals surface area contributed by atoms with Crippen molar-refractivity contribution in [1.82, 2.24) is 10.2 Å². The second-order valence-electron chi connectivity index (χ2n) is 6.93. The third-order valence-electron chi connectivity index (χ3n) is 5.00. The van der Waals surface area contributed by atoms with Crippen molar-refractivity contribution < 1.29 is 14.4 Å². The summed E-state index contributed by atoms with van der Waals surface area (Å²) < 4.78 is 5.53. The fraction of sp³-hybridized carbons (Fsp3) is 0.647. The lowest BCUT2D eigenvalue weighted by Gasteiger charge is -2.21. The Morgan fingerprint density at radius 2 is 2.50 bits per heavy atom. The van der Waals surface area contributed by atoms with E-state index in [1.54, 1.807) is 11.3 Å². The third kappa shape index (κ3) is 3.48. The Balaban J connectivity index is 1.26. The van der Waals surface area contributed by atoms with Gasteiger partial charge in [-0.15, -0.1) is 0 Å². The molecule has 0 bridgehead atoms. The highest BCUT2D eigenvalue weighted by Crippen LogP contribution is 2.34. The number of nitrogens with one attached hydrogen (secondary N) is 1. The second kappa shape index (κ2) is 6.82. The van der Waals surface area contributed by atoms with Crippen molar-refractivity contribution in [1.29, 1.82) is 0 Å². The number of likely N-dealkylation sites (tertiary alicyclic amines) is 1. The largest absolute Gasteiger partial charge is 0.387 e. The van der Waals surface area contributed by atoms with Crippen molar-refractivity contribution in [3.63, 3.8) is 0 Å². The lowest BCUT2D eigenvalue weighted by molar-refractivity contribution is -0.115. The Kier molecular flexibility index (Phi) is 4.56. The fourth-order valence-electron chi connectivity index (χ4n) is 3.68. The SMILES string of the molecule is O=C(NC[C@H]1CCCO1)C1=NO[C@@]2(CCN(Cc3ccsc3)C2)C1. The number of oxime groups is 1. The highest BCUT2D eigenvalue weighted by atomic mass is 32.1. The van der Waals surface area contributed by atoms with Crippen LogP contribution in [0.2, 0.25) is 0 Å². The molecule has 6 nitrogen and oxygen atoms in total. The number of hydrogen-bond donors (Lipinski definition) is 1. The van der Waals surface area contributed by atoms with E-state index in [1.807, 2.05) is 0 Å². The Morgan fingerprint density at radius 3 is 3.29 bits per heavy atom. The molecule has 2 fully saturated rings. The normalized spacial score (nSPS) is 29.8. The van der Waals surface area contributed by atoms with Gasteiger partial charge in [0.2, 0.25) is 0 Å². The summed E-state index contributed by atoms with van der Waals surface area (Å²) >= 11 is 1.72. The highest BCUT2D eigenvalue weighted by Gasteiger charge is 2.46. The molecule has 2 atom stereocenters. The molecule has 0 aromatic carbocycles. The van der Waals surface area contributed by atoms with Gasteiger partial charge in [-0.2, -0.15) is 11.3 Å². The molecule has 3 aliphatic heterocycles. The van der Waals surface area contributed by atoms with Gasteiger partial charge in [0.15, 0.2) is 5.60 Å². The number of nitrogens with zero attached hydrogens (tertiary/aromatic N) is 2.